The Balaban J connectivity index is 3.17. The minimum atomic E-state index is 1.13. The molecule has 0 fully saturated rings. The van der Waals surface area contributed by atoms with Crippen LogP contribution in [0.2, 0.25) is 0 Å². The SMILES string of the molecule is CCCC(Br)=CBr. The fourth-order valence-electron chi connectivity index (χ4n) is 0.293. The molecule has 0 spiro atoms. The summed E-state index contributed by atoms with van der Waals surface area (Å²) in [5, 5.41) is 0. The first kappa shape index (κ1) is 7.70. The molecular formula is C5H8Br2. The zero-order valence-electron chi connectivity index (χ0n) is 4.25. The Labute approximate surface area is 61.2 Å². The average Bonchev–Trinajstić information content (AvgIpc) is 1.68. The van der Waals surface area contributed by atoms with Crippen LogP contribution in [0.5, 0.6) is 0 Å². The number of allylic oxidation sites excluding steroid dienone is 1. The van der Waals surface area contributed by atoms with Gasteiger partial charge in [0, 0.05) is 4.48 Å². The van der Waals surface area contributed by atoms with Gasteiger partial charge < -0.3 is 0 Å². The molecule has 0 bridgehead atoms. The molecular weight excluding hydrogens is 220 g/mol. The molecule has 0 nitrogen and oxygen atoms in total. The number of halogens is 2. The Morgan fingerprint density at radius 2 is 2.29 bits per heavy atom. The second-order valence-corrected chi connectivity index (χ2v) is 2.78. The molecule has 0 atom stereocenters. The van der Waals surface area contributed by atoms with Crippen molar-refractivity contribution in [3.05, 3.63) is 9.47 Å². The second-order valence-electron chi connectivity index (χ2n) is 1.31. The monoisotopic (exact) mass is 226 g/mol. The van der Waals surface area contributed by atoms with E-state index in [0.29, 0.717) is 0 Å². The molecule has 0 amide bonds. The van der Waals surface area contributed by atoms with Crippen molar-refractivity contribution >= 4 is 31.9 Å². The quantitative estimate of drug-likeness (QED) is 0.679. The van der Waals surface area contributed by atoms with E-state index in [0.717, 1.165) is 6.42 Å². The highest BCUT2D eigenvalue weighted by Crippen LogP contribution is 2.13. The molecule has 0 aromatic carbocycles. The van der Waals surface area contributed by atoms with E-state index in [2.05, 4.69) is 38.8 Å². The van der Waals surface area contributed by atoms with Gasteiger partial charge in [0.05, 0.1) is 0 Å². The first-order valence-corrected chi connectivity index (χ1v) is 3.97. The Morgan fingerprint density at radius 1 is 1.71 bits per heavy atom. The van der Waals surface area contributed by atoms with Gasteiger partial charge in [0.15, 0.2) is 0 Å². The van der Waals surface area contributed by atoms with Crippen molar-refractivity contribution in [1.82, 2.24) is 0 Å². The molecule has 7 heavy (non-hydrogen) atoms. The zero-order chi connectivity index (χ0) is 5.70. The fourth-order valence-corrected chi connectivity index (χ4v) is 0.919. The molecule has 0 saturated carbocycles. The summed E-state index contributed by atoms with van der Waals surface area (Å²) < 4.78 is 1.23. The summed E-state index contributed by atoms with van der Waals surface area (Å²) in [6, 6.07) is 0. The second kappa shape index (κ2) is 4.85. The molecule has 0 aliphatic heterocycles. The van der Waals surface area contributed by atoms with Gasteiger partial charge in [-0.25, -0.2) is 0 Å². The molecule has 2 heteroatoms. The molecule has 42 valence electrons. The lowest BCUT2D eigenvalue weighted by atomic mass is 10.3. The van der Waals surface area contributed by atoms with Crippen LogP contribution in [0.4, 0.5) is 0 Å². The maximum Gasteiger partial charge on any atom is 0.00196 e. The van der Waals surface area contributed by atoms with Gasteiger partial charge in [0.2, 0.25) is 0 Å². The summed E-state index contributed by atoms with van der Waals surface area (Å²) in [7, 11) is 0. The third kappa shape index (κ3) is 4.56. The highest BCUT2D eigenvalue weighted by molar-refractivity contribution is 9.14. The van der Waals surface area contributed by atoms with E-state index in [1.807, 2.05) is 4.99 Å². The van der Waals surface area contributed by atoms with E-state index >= 15 is 0 Å². The normalized spacial score (nSPS) is 12.1. The van der Waals surface area contributed by atoms with Crippen LogP contribution < -0.4 is 0 Å². The van der Waals surface area contributed by atoms with E-state index in [-0.39, 0.29) is 0 Å². The van der Waals surface area contributed by atoms with Crippen LogP contribution >= 0.6 is 31.9 Å². The standard InChI is InChI=1S/C5H8Br2/c1-2-3-5(7)4-6/h4H,2-3H2,1H3. The van der Waals surface area contributed by atoms with E-state index in [1.165, 1.54) is 10.9 Å². The van der Waals surface area contributed by atoms with Gasteiger partial charge in [-0.15, -0.1) is 0 Å². The summed E-state index contributed by atoms with van der Waals surface area (Å²) in [5.74, 6) is 0. The van der Waals surface area contributed by atoms with E-state index in [1.54, 1.807) is 0 Å². The summed E-state index contributed by atoms with van der Waals surface area (Å²) in [6.07, 6.45) is 2.33. The van der Waals surface area contributed by atoms with E-state index in [4.69, 9.17) is 0 Å². The van der Waals surface area contributed by atoms with Crippen LogP contribution in [0.15, 0.2) is 9.47 Å². The average molecular weight is 228 g/mol. The molecule has 0 unspecified atom stereocenters. The van der Waals surface area contributed by atoms with E-state index < -0.39 is 0 Å². The summed E-state index contributed by atoms with van der Waals surface area (Å²) in [5.41, 5.74) is 0. The highest BCUT2D eigenvalue weighted by Gasteiger charge is 1.83. The van der Waals surface area contributed by atoms with Crippen LogP contribution in [-0.2, 0) is 0 Å². The Kier molecular flexibility index (Phi) is 5.33. The maximum absolute atomic E-state index is 3.35. The first-order valence-electron chi connectivity index (χ1n) is 2.26. The van der Waals surface area contributed by atoms with Gasteiger partial charge in [-0.3, -0.25) is 0 Å². The summed E-state index contributed by atoms with van der Waals surface area (Å²) >= 11 is 6.56. The van der Waals surface area contributed by atoms with Crippen molar-refractivity contribution in [2.45, 2.75) is 19.8 Å². The lowest BCUT2D eigenvalue weighted by Gasteiger charge is -1.87. The molecule has 0 saturated heterocycles. The largest absolute Gasteiger partial charge is 0.0650 e. The lowest BCUT2D eigenvalue weighted by molar-refractivity contribution is 0.952. The predicted octanol–water partition coefficient (Wildman–Crippen LogP) is 3.42. The molecule has 0 aromatic rings. The minimum absolute atomic E-state index is 1.13. The Hall–Kier alpha value is 0.700. The topological polar surface area (TPSA) is 0 Å². The van der Waals surface area contributed by atoms with Crippen molar-refractivity contribution < 1.29 is 0 Å². The van der Waals surface area contributed by atoms with Gasteiger partial charge in [0.25, 0.3) is 0 Å². The van der Waals surface area contributed by atoms with Crippen molar-refractivity contribution in [1.29, 1.82) is 0 Å². The third-order valence-electron chi connectivity index (χ3n) is 0.607. The fraction of sp³-hybridized carbons (Fsp3) is 0.600. The van der Waals surface area contributed by atoms with Gasteiger partial charge in [-0.05, 0) is 11.4 Å². The Morgan fingerprint density at radius 3 is 2.43 bits per heavy atom. The van der Waals surface area contributed by atoms with Crippen molar-refractivity contribution in [3.8, 4) is 0 Å². The zero-order valence-corrected chi connectivity index (χ0v) is 7.42. The van der Waals surface area contributed by atoms with Crippen LogP contribution in [-0.4, -0.2) is 0 Å². The maximum atomic E-state index is 3.35. The Bertz CT molecular complexity index is 66.5. The van der Waals surface area contributed by atoms with E-state index in [9.17, 15) is 0 Å². The van der Waals surface area contributed by atoms with Crippen molar-refractivity contribution in [2.75, 3.05) is 0 Å². The lowest BCUT2D eigenvalue weighted by Crippen LogP contribution is -1.64. The molecule has 0 aliphatic rings. The summed E-state index contributed by atoms with van der Waals surface area (Å²) in [4.78, 5) is 1.90. The van der Waals surface area contributed by atoms with Gasteiger partial charge >= 0.3 is 0 Å². The van der Waals surface area contributed by atoms with Crippen LogP contribution in [0.25, 0.3) is 0 Å². The first-order chi connectivity index (χ1) is 3.31. The van der Waals surface area contributed by atoms with Crippen LogP contribution in [0.1, 0.15) is 19.8 Å². The van der Waals surface area contributed by atoms with Crippen molar-refractivity contribution in [2.24, 2.45) is 0 Å². The highest BCUT2D eigenvalue weighted by atomic mass is 79.9. The molecule has 0 radical (unpaired) electrons. The molecule has 0 N–H and O–H groups in total. The van der Waals surface area contributed by atoms with Gasteiger partial charge in [-0.1, -0.05) is 45.2 Å². The molecule has 0 rings (SSSR count). The molecule has 0 aromatic heterocycles. The van der Waals surface area contributed by atoms with Gasteiger partial charge in [-0.2, -0.15) is 0 Å². The smallest absolute Gasteiger partial charge is 0.00196 e. The third-order valence-corrected chi connectivity index (χ3v) is 2.40. The predicted molar refractivity (Wildman–Crippen MR) is 40.8 cm³/mol. The minimum Gasteiger partial charge on any atom is -0.0650 e. The number of hydrogen-bond acceptors (Lipinski definition) is 0. The number of rotatable bonds is 2. The molecule has 0 aliphatic carbocycles. The van der Waals surface area contributed by atoms with Crippen LogP contribution in [0, 0.1) is 0 Å². The van der Waals surface area contributed by atoms with Crippen molar-refractivity contribution in [3.63, 3.8) is 0 Å². The van der Waals surface area contributed by atoms with Gasteiger partial charge in [0.1, 0.15) is 0 Å². The molecule has 0 heterocycles. The summed E-state index contributed by atoms with van der Waals surface area (Å²) in [6.45, 7) is 2.15. The van der Waals surface area contributed by atoms with Crippen LogP contribution in [0.3, 0.4) is 0 Å². The number of hydrogen-bond donors (Lipinski definition) is 0.